The number of aliphatic imine (C=N–C) groups is 2. The van der Waals surface area contributed by atoms with Gasteiger partial charge in [0.05, 0.1) is 30.8 Å². The molecule has 35 heavy (non-hydrogen) atoms. The first kappa shape index (κ1) is 21.6. The van der Waals surface area contributed by atoms with E-state index in [9.17, 15) is 13.2 Å². The number of fused-ring (bicyclic) bond motifs is 2. The predicted molar refractivity (Wildman–Crippen MR) is 120 cm³/mol. The Balaban J connectivity index is 1.31. The van der Waals surface area contributed by atoms with Crippen molar-refractivity contribution < 1.29 is 17.9 Å². The van der Waals surface area contributed by atoms with Crippen LogP contribution in [0.3, 0.4) is 0 Å². The zero-order valence-electron chi connectivity index (χ0n) is 18.4. The fourth-order valence-corrected chi connectivity index (χ4v) is 4.28. The zero-order chi connectivity index (χ0) is 23.9. The molecule has 2 unspecified atom stereocenters. The highest BCUT2D eigenvalue weighted by atomic mass is 19.3. The molecule has 0 spiro atoms. The van der Waals surface area contributed by atoms with Crippen LogP contribution in [0.25, 0.3) is 11.0 Å². The molecule has 0 saturated carbocycles. The largest absolute Gasteiger partial charge is 0.378 e. The van der Waals surface area contributed by atoms with Gasteiger partial charge in [0.25, 0.3) is 0 Å². The molecule has 2 aromatic heterocycles. The average Bonchev–Trinajstić information content (AvgIpc) is 3.61. The summed E-state index contributed by atoms with van der Waals surface area (Å²) in [6.45, 7) is -0.183. The third-order valence-corrected chi connectivity index (χ3v) is 6.03. The van der Waals surface area contributed by atoms with E-state index in [0.717, 1.165) is 0 Å². The quantitative estimate of drug-likeness (QED) is 0.583. The van der Waals surface area contributed by atoms with Crippen LogP contribution in [0.15, 0.2) is 45.7 Å². The molecule has 0 amide bonds. The van der Waals surface area contributed by atoms with Gasteiger partial charge in [-0.2, -0.15) is 19.0 Å². The number of aromatic nitrogens is 4. The van der Waals surface area contributed by atoms with Crippen molar-refractivity contribution in [3.05, 3.63) is 47.8 Å². The summed E-state index contributed by atoms with van der Waals surface area (Å²) in [7, 11) is 0. The summed E-state index contributed by atoms with van der Waals surface area (Å²) in [4.78, 5) is 18.9. The number of ether oxygens (including phenoxy) is 1. The normalized spacial score (nSPS) is 23.3. The number of aromatic amines is 1. The third-order valence-electron chi connectivity index (χ3n) is 6.03. The lowest BCUT2D eigenvalue weighted by atomic mass is 10.0. The van der Waals surface area contributed by atoms with Crippen LogP contribution in [0.2, 0.25) is 0 Å². The minimum absolute atomic E-state index is 0.138. The van der Waals surface area contributed by atoms with E-state index in [-0.39, 0.29) is 12.1 Å². The number of hydrogen-bond donors (Lipinski definition) is 2. The van der Waals surface area contributed by atoms with Crippen molar-refractivity contribution in [1.82, 2.24) is 35.0 Å². The molecule has 182 valence electrons. The molecule has 1 aromatic carbocycles. The highest BCUT2D eigenvalue weighted by Crippen LogP contribution is 2.31. The summed E-state index contributed by atoms with van der Waals surface area (Å²) in [6, 6.07) is 4.71. The van der Waals surface area contributed by atoms with E-state index in [4.69, 9.17) is 9.73 Å². The predicted octanol–water partition coefficient (Wildman–Crippen LogP) is 1.85. The molecule has 0 bridgehead atoms. The molecule has 1 saturated heterocycles. The number of para-hydroxylation sites is 1. The molecule has 11 nitrogen and oxygen atoms in total. The maximum atomic E-state index is 14.0. The smallest absolute Gasteiger partial charge is 0.333 e. The van der Waals surface area contributed by atoms with E-state index in [1.807, 2.05) is 4.90 Å². The Bertz CT molecular complexity index is 1330. The summed E-state index contributed by atoms with van der Waals surface area (Å²) in [5.41, 5.74) is 1.41. The van der Waals surface area contributed by atoms with Crippen LogP contribution in [0.5, 0.6) is 0 Å². The number of H-pyrrole nitrogens is 1. The summed E-state index contributed by atoms with van der Waals surface area (Å²) in [5, 5.41) is 13.0. The van der Waals surface area contributed by atoms with E-state index in [0.29, 0.717) is 59.8 Å². The minimum atomic E-state index is -2.73. The van der Waals surface area contributed by atoms with Crippen LogP contribution in [0, 0.1) is 5.82 Å². The monoisotopic (exact) mass is 486 g/mol. The molecule has 14 heteroatoms. The number of alkyl halides is 2. The zero-order valence-corrected chi connectivity index (χ0v) is 18.4. The van der Waals surface area contributed by atoms with Crippen molar-refractivity contribution in [2.24, 2.45) is 15.1 Å². The van der Waals surface area contributed by atoms with Gasteiger partial charge in [0.1, 0.15) is 17.9 Å². The van der Waals surface area contributed by atoms with Crippen molar-refractivity contribution in [2.75, 3.05) is 26.3 Å². The molecular formula is C21H21F3N10O. The first-order valence-electron chi connectivity index (χ1n) is 11.1. The highest BCUT2D eigenvalue weighted by molar-refractivity contribution is 6.02. The van der Waals surface area contributed by atoms with E-state index in [2.05, 4.69) is 30.5 Å². The van der Waals surface area contributed by atoms with E-state index < -0.39 is 24.5 Å². The number of nitrogens with zero attached hydrogens (tertiary/aromatic N) is 8. The number of nitrogens with one attached hydrogen (secondary N) is 2. The van der Waals surface area contributed by atoms with Crippen LogP contribution >= 0.6 is 0 Å². The van der Waals surface area contributed by atoms with Gasteiger partial charge in [0.2, 0.25) is 11.9 Å². The van der Waals surface area contributed by atoms with Gasteiger partial charge in [0, 0.05) is 31.1 Å². The van der Waals surface area contributed by atoms with Crippen molar-refractivity contribution in [3.63, 3.8) is 0 Å². The molecule has 2 atom stereocenters. The lowest BCUT2D eigenvalue weighted by Crippen LogP contribution is -2.57. The number of guanidine groups is 2. The summed E-state index contributed by atoms with van der Waals surface area (Å²) in [6.07, 6.45) is 3.82. The van der Waals surface area contributed by atoms with Crippen molar-refractivity contribution in [1.29, 1.82) is 0 Å². The molecule has 6 rings (SSSR count). The molecule has 3 aliphatic rings. The topological polar surface area (TPSA) is 111 Å². The van der Waals surface area contributed by atoms with Gasteiger partial charge in [-0.15, -0.1) is 0 Å². The fraction of sp³-hybridized carbons (Fsp3) is 0.381. The van der Waals surface area contributed by atoms with Crippen LogP contribution in [-0.4, -0.2) is 80.3 Å². The van der Waals surface area contributed by atoms with E-state index in [1.54, 1.807) is 23.4 Å². The second-order valence-corrected chi connectivity index (χ2v) is 8.22. The minimum Gasteiger partial charge on any atom is -0.378 e. The summed E-state index contributed by atoms with van der Waals surface area (Å²) in [5.74, 6) is 0.704. The molecule has 0 radical (unpaired) electrons. The first-order valence-corrected chi connectivity index (χ1v) is 11.1. The molecule has 0 aliphatic carbocycles. The molecule has 5 heterocycles. The standard InChI is InChI=1S/C21H21F3N10O/c22-14-2-1-3-15-17(14)29-16(28-15)10-25-20-31-21(32-4-6-35-7-5-32)30-18-13(9-27-34(18)20)12-8-26-33(11-12)19(23)24/h1-3,8-9,11,13,18-19H,4-7,10H2,(H,28,29)(H,25,30,31). The van der Waals surface area contributed by atoms with E-state index in [1.165, 1.54) is 18.5 Å². The first-order chi connectivity index (χ1) is 17.1. The van der Waals surface area contributed by atoms with Gasteiger partial charge in [-0.25, -0.2) is 29.0 Å². The van der Waals surface area contributed by atoms with Crippen LogP contribution < -0.4 is 5.32 Å². The van der Waals surface area contributed by atoms with Crippen molar-refractivity contribution in [3.8, 4) is 0 Å². The Morgan fingerprint density at radius 3 is 2.86 bits per heavy atom. The fourth-order valence-electron chi connectivity index (χ4n) is 4.28. The number of hydrogen-bond acceptors (Lipinski definition) is 7. The molecule has 1 fully saturated rings. The molecule has 3 aliphatic heterocycles. The van der Waals surface area contributed by atoms with Gasteiger partial charge in [-0.3, -0.25) is 5.32 Å². The molecule has 2 N–H and O–H groups in total. The Hall–Kier alpha value is -3.94. The van der Waals surface area contributed by atoms with Gasteiger partial charge in [-0.05, 0) is 12.1 Å². The second-order valence-electron chi connectivity index (χ2n) is 8.22. The maximum absolute atomic E-state index is 14.0. The maximum Gasteiger partial charge on any atom is 0.333 e. The summed E-state index contributed by atoms with van der Waals surface area (Å²) < 4.78 is 46.3. The number of benzene rings is 1. The average molecular weight is 486 g/mol. The van der Waals surface area contributed by atoms with Gasteiger partial charge in [0.15, 0.2) is 12.0 Å². The van der Waals surface area contributed by atoms with Crippen molar-refractivity contribution in [2.45, 2.75) is 25.2 Å². The number of rotatable bonds is 4. The number of hydrazone groups is 1. The van der Waals surface area contributed by atoms with Gasteiger partial charge >= 0.3 is 6.55 Å². The number of halogens is 3. The van der Waals surface area contributed by atoms with Crippen molar-refractivity contribution >= 4 is 29.2 Å². The Morgan fingerprint density at radius 2 is 2.09 bits per heavy atom. The summed E-state index contributed by atoms with van der Waals surface area (Å²) >= 11 is 0. The SMILES string of the molecule is Fc1cccc2[nH]c(CN=C3NC(N4CCOCC4)=NC4C(c5cnn(C(F)F)c5)C=NN34)nc12. The van der Waals surface area contributed by atoms with E-state index >= 15 is 0 Å². The molecular weight excluding hydrogens is 465 g/mol. The lowest BCUT2D eigenvalue weighted by molar-refractivity contribution is 0.0565. The molecule has 3 aromatic rings. The Labute approximate surface area is 197 Å². The van der Waals surface area contributed by atoms with Gasteiger partial charge in [-0.1, -0.05) is 6.07 Å². The lowest BCUT2D eigenvalue weighted by Gasteiger charge is -2.37. The van der Waals surface area contributed by atoms with Crippen LogP contribution in [0.1, 0.15) is 23.9 Å². The van der Waals surface area contributed by atoms with Gasteiger partial charge < -0.3 is 14.6 Å². The van der Waals surface area contributed by atoms with Crippen LogP contribution in [0.4, 0.5) is 13.2 Å². The Kier molecular flexibility index (Phi) is 5.36. The van der Waals surface area contributed by atoms with Crippen LogP contribution in [-0.2, 0) is 11.3 Å². The highest BCUT2D eigenvalue weighted by Gasteiger charge is 2.40. The number of imidazole rings is 1. The second kappa shape index (κ2) is 8.69. The number of morpholine rings is 1. The Morgan fingerprint density at radius 1 is 1.23 bits per heavy atom. The third kappa shape index (κ3) is 3.99.